The molecule has 0 aliphatic rings. The molecule has 0 fully saturated rings. The van der Waals surface area contributed by atoms with Crippen LogP contribution in [0.15, 0.2) is 18.2 Å². The highest BCUT2D eigenvalue weighted by atomic mass is 79.9. The molecule has 1 atom stereocenters. The van der Waals surface area contributed by atoms with Crippen molar-refractivity contribution in [3.05, 3.63) is 23.8 Å². The Labute approximate surface area is 124 Å². The van der Waals surface area contributed by atoms with Crippen molar-refractivity contribution in [1.29, 1.82) is 0 Å². The molecule has 0 aliphatic heterocycles. The lowest BCUT2D eigenvalue weighted by Gasteiger charge is -2.15. The molecule has 20 heavy (non-hydrogen) atoms. The van der Waals surface area contributed by atoms with Gasteiger partial charge >= 0.3 is 6.18 Å². The van der Waals surface area contributed by atoms with Gasteiger partial charge in [-0.25, -0.2) is 0 Å². The van der Waals surface area contributed by atoms with Crippen molar-refractivity contribution < 1.29 is 27.4 Å². The number of benzene rings is 1. The van der Waals surface area contributed by atoms with Gasteiger partial charge in [-0.05, 0) is 12.5 Å². The van der Waals surface area contributed by atoms with E-state index in [-0.39, 0.29) is 11.4 Å². The van der Waals surface area contributed by atoms with Gasteiger partial charge in [0, 0.05) is 23.1 Å². The third-order valence-corrected chi connectivity index (χ3v) is 3.51. The topological polar surface area (TPSA) is 27.7 Å². The Balaban J connectivity index is 2.56. The fourth-order valence-electron chi connectivity index (χ4n) is 1.61. The third-order valence-electron chi connectivity index (χ3n) is 2.56. The molecular weight excluding hydrogens is 341 g/mol. The first-order valence-electron chi connectivity index (χ1n) is 5.88. The fraction of sp³-hybridized carbons (Fsp3) is 0.538. The molecule has 1 aromatic carbocycles. The van der Waals surface area contributed by atoms with Crippen molar-refractivity contribution >= 4 is 15.9 Å². The van der Waals surface area contributed by atoms with Gasteiger partial charge in [-0.1, -0.05) is 22.0 Å². The van der Waals surface area contributed by atoms with Gasteiger partial charge in [-0.15, -0.1) is 0 Å². The highest BCUT2D eigenvalue weighted by molar-refractivity contribution is 9.09. The van der Waals surface area contributed by atoms with E-state index in [4.69, 9.17) is 9.47 Å². The van der Waals surface area contributed by atoms with Crippen LogP contribution in [0.25, 0.3) is 0 Å². The fourth-order valence-corrected chi connectivity index (χ4v) is 2.17. The Bertz CT molecular complexity index is 424. The van der Waals surface area contributed by atoms with Gasteiger partial charge in [-0.3, -0.25) is 0 Å². The van der Waals surface area contributed by atoms with Crippen molar-refractivity contribution in [2.24, 2.45) is 0 Å². The van der Waals surface area contributed by atoms with Gasteiger partial charge in [0.1, 0.15) is 18.1 Å². The number of rotatable bonds is 7. The SMILES string of the molecule is COc1ccc(C(Br)CCOCC(F)(F)F)c(OC)c1. The Hall–Kier alpha value is -0.950. The lowest BCUT2D eigenvalue weighted by atomic mass is 10.1. The van der Waals surface area contributed by atoms with E-state index < -0.39 is 12.8 Å². The van der Waals surface area contributed by atoms with Crippen LogP contribution >= 0.6 is 15.9 Å². The van der Waals surface area contributed by atoms with Gasteiger partial charge in [0.25, 0.3) is 0 Å². The quantitative estimate of drug-likeness (QED) is 0.543. The molecule has 0 aliphatic carbocycles. The minimum Gasteiger partial charge on any atom is -0.497 e. The number of hydrogen-bond donors (Lipinski definition) is 0. The molecular formula is C13H16BrF3O3. The third kappa shape index (κ3) is 5.58. The molecule has 0 aromatic heterocycles. The van der Waals surface area contributed by atoms with Crippen LogP contribution in [-0.2, 0) is 4.74 Å². The van der Waals surface area contributed by atoms with E-state index in [1.807, 2.05) is 0 Å². The highest BCUT2D eigenvalue weighted by Crippen LogP contribution is 2.36. The first-order valence-corrected chi connectivity index (χ1v) is 6.79. The minimum atomic E-state index is -4.29. The van der Waals surface area contributed by atoms with E-state index in [1.165, 1.54) is 7.11 Å². The summed E-state index contributed by atoms with van der Waals surface area (Å²) in [6.45, 7) is -1.23. The molecule has 0 saturated heterocycles. The van der Waals surface area contributed by atoms with Crippen molar-refractivity contribution in [2.75, 3.05) is 27.4 Å². The number of halogens is 4. The molecule has 0 saturated carbocycles. The molecule has 3 nitrogen and oxygen atoms in total. The van der Waals surface area contributed by atoms with E-state index in [0.717, 1.165) is 5.56 Å². The van der Waals surface area contributed by atoms with Gasteiger partial charge in [0.05, 0.1) is 14.2 Å². The first kappa shape index (κ1) is 17.1. The van der Waals surface area contributed by atoms with Crippen LogP contribution in [0.4, 0.5) is 13.2 Å². The zero-order valence-electron chi connectivity index (χ0n) is 11.2. The maximum atomic E-state index is 11.9. The van der Waals surface area contributed by atoms with Gasteiger partial charge in [-0.2, -0.15) is 13.2 Å². The van der Waals surface area contributed by atoms with Crippen LogP contribution < -0.4 is 9.47 Å². The van der Waals surface area contributed by atoms with Crippen molar-refractivity contribution in [1.82, 2.24) is 0 Å². The zero-order valence-corrected chi connectivity index (χ0v) is 12.8. The van der Waals surface area contributed by atoms with E-state index in [0.29, 0.717) is 17.9 Å². The molecule has 1 unspecified atom stereocenters. The Morgan fingerprint density at radius 3 is 2.45 bits per heavy atom. The summed E-state index contributed by atoms with van der Waals surface area (Å²) in [4.78, 5) is -0.156. The standard InChI is InChI=1S/C13H16BrF3O3/c1-18-9-3-4-10(12(7-9)19-2)11(14)5-6-20-8-13(15,16)17/h3-4,7,11H,5-6,8H2,1-2H3. The van der Waals surface area contributed by atoms with Crippen LogP contribution in [0, 0.1) is 0 Å². The normalized spacial score (nSPS) is 13.1. The number of ether oxygens (including phenoxy) is 3. The van der Waals surface area contributed by atoms with E-state index in [9.17, 15) is 13.2 Å². The van der Waals surface area contributed by atoms with E-state index in [1.54, 1.807) is 25.3 Å². The second-order valence-corrected chi connectivity index (χ2v) is 5.14. The molecule has 0 N–H and O–H groups in total. The molecule has 0 radical (unpaired) electrons. The van der Waals surface area contributed by atoms with Crippen molar-refractivity contribution in [2.45, 2.75) is 17.4 Å². The first-order chi connectivity index (χ1) is 9.37. The highest BCUT2D eigenvalue weighted by Gasteiger charge is 2.27. The van der Waals surface area contributed by atoms with E-state index >= 15 is 0 Å². The Morgan fingerprint density at radius 1 is 1.20 bits per heavy atom. The molecule has 0 amide bonds. The Kier molecular flexibility index (Phi) is 6.61. The summed E-state index contributed by atoms with van der Waals surface area (Å²) in [7, 11) is 3.07. The van der Waals surface area contributed by atoms with Gasteiger partial charge in [0.2, 0.25) is 0 Å². The smallest absolute Gasteiger partial charge is 0.411 e. The largest absolute Gasteiger partial charge is 0.497 e. The average molecular weight is 357 g/mol. The van der Waals surface area contributed by atoms with Gasteiger partial charge in [0.15, 0.2) is 0 Å². The molecule has 7 heteroatoms. The summed E-state index contributed by atoms with van der Waals surface area (Å²) in [6, 6.07) is 5.30. The lowest BCUT2D eigenvalue weighted by molar-refractivity contribution is -0.174. The maximum Gasteiger partial charge on any atom is 0.411 e. The van der Waals surface area contributed by atoms with Crippen LogP contribution in [-0.4, -0.2) is 33.6 Å². The van der Waals surface area contributed by atoms with Crippen LogP contribution in [0.3, 0.4) is 0 Å². The molecule has 0 spiro atoms. The summed E-state index contributed by atoms with van der Waals surface area (Å²) in [5, 5.41) is 0. The van der Waals surface area contributed by atoms with Crippen molar-refractivity contribution in [3.8, 4) is 11.5 Å². The summed E-state index contributed by atoms with van der Waals surface area (Å²) >= 11 is 3.42. The summed E-state index contributed by atoms with van der Waals surface area (Å²) in [5.41, 5.74) is 0.837. The summed E-state index contributed by atoms with van der Waals surface area (Å²) in [5.74, 6) is 1.26. The maximum absolute atomic E-state index is 11.9. The number of hydrogen-bond acceptors (Lipinski definition) is 3. The zero-order chi connectivity index (χ0) is 15.2. The van der Waals surface area contributed by atoms with Crippen molar-refractivity contribution in [3.63, 3.8) is 0 Å². The molecule has 0 bridgehead atoms. The summed E-state index contributed by atoms with van der Waals surface area (Å²) in [6.07, 6.45) is -3.89. The average Bonchev–Trinajstić information content (AvgIpc) is 2.41. The van der Waals surface area contributed by atoms with Crippen LogP contribution in [0.5, 0.6) is 11.5 Å². The monoisotopic (exact) mass is 356 g/mol. The second kappa shape index (κ2) is 7.73. The number of methoxy groups -OCH3 is 2. The summed E-state index contributed by atoms with van der Waals surface area (Å²) < 4.78 is 50.7. The second-order valence-electron chi connectivity index (χ2n) is 4.03. The molecule has 0 heterocycles. The predicted molar refractivity (Wildman–Crippen MR) is 72.7 cm³/mol. The Morgan fingerprint density at radius 2 is 1.90 bits per heavy atom. The number of alkyl halides is 4. The van der Waals surface area contributed by atoms with Crippen LogP contribution in [0.1, 0.15) is 16.8 Å². The molecule has 1 rings (SSSR count). The molecule has 1 aromatic rings. The van der Waals surface area contributed by atoms with Crippen LogP contribution in [0.2, 0.25) is 0 Å². The predicted octanol–water partition coefficient (Wildman–Crippen LogP) is 4.11. The van der Waals surface area contributed by atoms with Gasteiger partial charge < -0.3 is 14.2 Å². The molecule has 114 valence electrons. The van der Waals surface area contributed by atoms with E-state index in [2.05, 4.69) is 20.7 Å². The lowest BCUT2D eigenvalue weighted by Crippen LogP contribution is -2.17. The minimum absolute atomic E-state index is 0.00457.